The van der Waals surface area contributed by atoms with Crippen LogP contribution >= 0.6 is 0 Å². The van der Waals surface area contributed by atoms with Gasteiger partial charge in [-0.3, -0.25) is 14.3 Å². The molecule has 31 heavy (non-hydrogen) atoms. The zero-order chi connectivity index (χ0) is 21.4. The predicted molar refractivity (Wildman–Crippen MR) is 119 cm³/mol. The maximum atomic E-state index is 12.9. The molecule has 0 spiro atoms. The van der Waals surface area contributed by atoms with Crippen molar-refractivity contribution in [2.45, 2.75) is 25.9 Å². The molecule has 7 heteroatoms. The molecule has 4 aromatic rings. The molecule has 1 aliphatic rings. The van der Waals surface area contributed by atoms with Crippen LogP contribution in [0.3, 0.4) is 0 Å². The third-order valence-electron chi connectivity index (χ3n) is 5.70. The minimum absolute atomic E-state index is 0.0719. The van der Waals surface area contributed by atoms with Crippen molar-refractivity contribution in [3.8, 4) is 0 Å². The Kier molecular flexibility index (Phi) is 4.78. The molecule has 3 heterocycles. The van der Waals surface area contributed by atoms with Crippen LogP contribution in [0.2, 0.25) is 0 Å². The summed E-state index contributed by atoms with van der Waals surface area (Å²) in [5.41, 5.74) is 3.86. The summed E-state index contributed by atoms with van der Waals surface area (Å²) in [7, 11) is 0. The quantitative estimate of drug-likeness (QED) is 0.534. The van der Waals surface area contributed by atoms with Crippen molar-refractivity contribution in [1.82, 2.24) is 19.7 Å². The lowest BCUT2D eigenvalue weighted by Crippen LogP contribution is -2.22. The third kappa shape index (κ3) is 3.70. The van der Waals surface area contributed by atoms with Crippen LogP contribution in [0.4, 0.5) is 5.69 Å². The van der Waals surface area contributed by atoms with Crippen LogP contribution in [0.25, 0.3) is 10.9 Å². The Bertz CT molecular complexity index is 1270. The van der Waals surface area contributed by atoms with Crippen molar-refractivity contribution in [3.05, 3.63) is 83.8 Å². The Morgan fingerprint density at radius 3 is 2.87 bits per heavy atom. The molecule has 0 aliphatic carbocycles. The van der Waals surface area contributed by atoms with Gasteiger partial charge in [-0.05, 0) is 37.1 Å². The van der Waals surface area contributed by atoms with Gasteiger partial charge >= 0.3 is 0 Å². The average molecular weight is 413 g/mol. The normalized spacial score (nSPS) is 15.9. The maximum absolute atomic E-state index is 12.9. The molecule has 0 fully saturated rings. The monoisotopic (exact) mass is 413 g/mol. The van der Waals surface area contributed by atoms with Gasteiger partial charge in [-0.2, -0.15) is 5.10 Å². The Morgan fingerprint density at radius 1 is 1.19 bits per heavy atom. The molecule has 0 bridgehead atoms. The molecule has 2 amide bonds. The lowest BCUT2D eigenvalue weighted by atomic mass is 10.1. The fourth-order valence-electron chi connectivity index (χ4n) is 4.11. The van der Waals surface area contributed by atoms with E-state index in [0.717, 1.165) is 22.9 Å². The van der Waals surface area contributed by atoms with Crippen molar-refractivity contribution >= 4 is 28.4 Å². The van der Waals surface area contributed by atoms with E-state index in [2.05, 4.69) is 22.7 Å². The van der Waals surface area contributed by atoms with E-state index in [4.69, 9.17) is 0 Å². The lowest BCUT2D eigenvalue weighted by Gasteiger charge is -2.14. The molecule has 156 valence electrons. The number of rotatable bonds is 4. The highest BCUT2D eigenvalue weighted by atomic mass is 16.2. The molecule has 0 unspecified atom stereocenters. The largest absolute Gasteiger partial charge is 0.351 e. The number of hydrogen-bond acceptors (Lipinski definition) is 3. The first-order chi connectivity index (χ1) is 15.1. The first-order valence-electron chi connectivity index (χ1n) is 10.4. The second-order valence-electron chi connectivity index (χ2n) is 7.93. The highest BCUT2D eigenvalue weighted by molar-refractivity contribution is 6.07. The van der Waals surface area contributed by atoms with Crippen LogP contribution < -0.4 is 10.6 Å². The predicted octanol–water partition coefficient (Wildman–Crippen LogP) is 3.83. The molecule has 2 aromatic heterocycles. The molecule has 0 saturated carbocycles. The molecular formula is C24H23N5O2. The second-order valence-corrected chi connectivity index (χ2v) is 7.93. The number of nitrogens with zero attached hydrogens (tertiary/aromatic N) is 3. The summed E-state index contributed by atoms with van der Waals surface area (Å²) < 4.78 is 3.83. The summed E-state index contributed by atoms with van der Waals surface area (Å²) in [6.07, 6.45) is 4.31. The van der Waals surface area contributed by atoms with E-state index in [1.807, 2.05) is 59.3 Å². The van der Waals surface area contributed by atoms with E-state index in [-0.39, 0.29) is 17.9 Å². The average Bonchev–Trinajstić information content (AvgIpc) is 3.34. The topological polar surface area (TPSA) is 81.0 Å². The van der Waals surface area contributed by atoms with Crippen LogP contribution in [0.5, 0.6) is 0 Å². The Balaban J connectivity index is 1.39. The van der Waals surface area contributed by atoms with Gasteiger partial charge in [-0.15, -0.1) is 0 Å². The Hall–Kier alpha value is -3.87. The fraction of sp³-hybridized carbons (Fsp3) is 0.208. The number of carbonyl (C=O) groups is 2. The minimum atomic E-state index is -0.206. The first-order valence-corrected chi connectivity index (χ1v) is 10.4. The molecular weight excluding hydrogens is 390 g/mol. The molecule has 0 saturated heterocycles. The summed E-state index contributed by atoms with van der Waals surface area (Å²) >= 11 is 0. The zero-order valence-electron chi connectivity index (χ0n) is 17.2. The number of aromatic nitrogens is 3. The van der Waals surface area contributed by atoms with Gasteiger partial charge in [0.05, 0.1) is 18.4 Å². The number of carbonyl (C=O) groups excluding carboxylic acids is 2. The summed E-state index contributed by atoms with van der Waals surface area (Å²) in [4.78, 5) is 25.3. The van der Waals surface area contributed by atoms with Crippen LogP contribution in [-0.4, -0.2) is 32.7 Å². The Labute approximate surface area is 179 Å². The number of amides is 2. The van der Waals surface area contributed by atoms with Crippen molar-refractivity contribution in [3.63, 3.8) is 0 Å². The minimum Gasteiger partial charge on any atom is -0.351 e. The number of hydrogen-bond donors (Lipinski definition) is 2. The van der Waals surface area contributed by atoms with Crippen molar-refractivity contribution in [2.75, 3.05) is 11.9 Å². The first kappa shape index (κ1) is 19.1. The van der Waals surface area contributed by atoms with Gasteiger partial charge in [0.1, 0.15) is 5.69 Å². The molecule has 1 atom stereocenters. The van der Waals surface area contributed by atoms with Gasteiger partial charge in [0.25, 0.3) is 11.8 Å². The summed E-state index contributed by atoms with van der Waals surface area (Å²) in [5, 5.41) is 11.1. The van der Waals surface area contributed by atoms with E-state index < -0.39 is 0 Å². The second kappa shape index (κ2) is 7.75. The SMILES string of the molecule is C[C@@H]1CCNC(=O)c2cc3ccc(C(=O)Nc4cnn(Cc5ccccc5)c4)cc3n21. The van der Waals surface area contributed by atoms with Gasteiger partial charge < -0.3 is 15.2 Å². The van der Waals surface area contributed by atoms with Crippen molar-refractivity contribution in [2.24, 2.45) is 0 Å². The van der Waals surface area contributed by atoms with Gasteiger partial charge in [0.2, 0.25) is 0 Å². The van der Waals surface area contributed by atoms with Gasteiger partial charge in [-0.1, -0.05) is 36.4 Å². The van der Waals surface area contributed by atoms with Gasteiger partial charge in [0.15, 0.2) is 0 Å². The molecule has 1 aliphatic heterocycles. The number of anilines is 1. The smallest absolute Gasteiger partial charge is 0.267 e. The van der Waals surface area contributed by atoms with Crippen molar-refractivity contribution < 1.29 is 9.59 Å². The van der Waals surface area contributed by atoms with Crippen molar-refractivity contribution in [1.29, 1.82) is 0 Å². The lowest BCUT2D eigenvalue weighted by molar-refractivity contribution is 0.0950. The summed E-state index contributed by atoms with van der Waals surface area (Å²) in [6.45, 7) is 3.38. The van der Waals surface area contributed by atoms with Gasteiger partial charge in [-0.25, -0.2) is 0 Å². The van der Waals surface area contributed by atoms with E-state index in [1.165, 1.54) is 0 Å². The highest BCUT2D eigenvalue weighted by Gasteiger charge is 2.23. The summed E-state index contributed by atoms with van der Waals surface area (Å²) in [6, 6.07) is 17.6. The standard InChI is InChI=1S/C24H23N5O2/c1-16-9-10-25-24(31)22-11-18-7-8-19(12-21(18)29(16)22)23(30)27-20-13-26-28(15-20)14-17-5-3-2-4-6-17/h2-8,11-13,15-16H,9-10,14H2,1H3,(H,25,31)(H,27,30)/t16-/m1/s1. The molecule has 2 aromatic carbocycles. The third-order valence-corrected chi connectivity index (χ3v) is 5.70. The fourth-order valence-corrected chi connectivity index (χ4v) is 4.11. The number of fused-ring (bicyclic) bond motifs is 3. The van der Waals surface area contributed by atoms with E-state index in [0.29, 0.717) is 30.0 Å². The van der Waals surface area contributed by atoms with E-state index >= 15 is 0 Å². The van der Waals surface area contributed by atoms with Crippen LogP contribution in [0.15, 0.2) is 67.0 Å². The molecule has 5 rings (SSSR count). The number of benzene rings is 2. The van der Waals surface area contributed by atoms with Gasteiger partial charge in [0, 0.05) is 35.2 Å². The number of nitrogens with one attached hydrogen (secondary N) is 2. The van der Waals surface area contributed by atoms with E-state index in [1.54, 1.807) is 16.9 Å². The van der Waals surface area contributed by atoms with E-state index in [9.17, 15) is 9.59 Å². The Morgan fingerprint density at radius 2 is 2.03 bits per heavy atom. The van der Waals surface area contributed by atoms with Crippen LogP contribution in [0, 0.1) is 0 Å². The summed E-state index contributed by atoms with van der Waals surface area (Å²) in [5.74, 6) is -0.278. The zero-order valence-corrected chi connectivity index (χ0v) is 17.2. The molecule has 2 N–H and O–H groups in total. The van der Waals surface area contributed by atoms with Crippen LogP contribution in [-0.2, 0) is 6.54 Å². The highest BCUT2D eigenvalue weighted by Crippen LogP contribution is 2.28. The maximum Gasteiger partial charge on any atom is 0.267 e. The molecule has 7 nitrogen and oxygen atoms in total. The molecule has 0 radical (unpaired) electrons. The van der Waals surface area contributed by atoms with Crippen LogP contribution in [0.1, 0.15) is 45.8 Å².